The highest BCUT2D eigenvalue weighted by molar-refractivity contribution is 5.20. The van der Waals surface area contributed by atoms with Gasteiger partial charge in [0.2, 0.25) is 0 Å². The van der Waals surface area contributed by atoms with Crippen molar-refractivity contribution in [1.29, 1.82) is 0 Å². The highest BCUT2D eigenvalue weighted by Gasteiger charge is 2.28. The monoisotopic (exact) mass is 260 g/mol. The Morgan fingerprint density at radius 2 is 1.89 bits per heavy atom. The van der Waals surface area contributed by atoms with Gasteiger partial charge in [0, 0.05) is 24.7 Å². The number of nitrogens with one attached hydrogen (secondary N) is 1. The van der Waals surface area contributed by atoms with E-state index in [0.717, 1.165) is 19.6 Å². The van der Waals surface area contributed by atoms with E-state index in [1.54, 1.807) is 0 Å². The highest BCUT2D eigenvalue weighted by Crippen LogP contribution is 2.27. The molecule has 0 heterocycles. The summed E-state index contributed by atoms with van der Waals surface area (Å²) in [4.78, 5) is 2.50. The molecule has 1 N–H and O–H groups in total. The Kier molecular flexibility index (Phi) is 6.26. The summed E-state index contributed by atoms with van der Waals surface area (Å²) in [6.45, 7) is 15.7. The van der Waals surface area contributed by atoms with Gasteiger partial charge in [0.25, 0.3) is 0 Å². The van der Waals surface area contributed by atoms with Crippen LogP contribution < -0.4 is 5.32 Å². The van der Waals surface area contributed by atoms with Crippen molar-refractivity contribution in [3.05, 3.63) is 48.6 Å². The van der Waals surface area contributed by atoms with Crippen molar-refractivity contribution in [1.82, 2.24) is 10.2 Å². The smallest absolute Gasteiger partial charge is 0.0481 e. The Labute approximate surface area is 118 Å². The molecule has 0 spiro atoms. The van der Waals surface area contributed by atoms with E-state index >= 15 is 0 Å². The number of hydrogen-bond donors (Lipinski definition) is 1. The summed E-state index contributed by atoms with van der Waals surface area (Å²) in [6.07, 6.45) is 1.99. The van der Waals surface area contributed by atoms with E-state index < -0.39 is 0 Å². The molecule has 1 aromatic rings. The lowest BCUT2D eigenvalue weighted by atomic mass is 9.97. The minimum Gasteiger partial charge on any atom is -0.315 e. The van der Waals surface area contributed by atoms with E-state index in [1.807, 2.05) is 6.08 Å². The molecule has 0 saturated heterocycles. The second-order valence-corrected chi connectivity index (χ2v) is 5.85. The molecule has 19 heavy (non-hydrogen) atoms. The van der Waals surface area contributed by atoms with Gasteiger partial charge in [-0.1, -0.05) is 43.3 Å². The minimum absolute atomic E-state index is 0.115. The molecular formula is C17H28N2. The Morgan fingerprint density at radius 1 is 1.26 bits per heavy atom. The molecule has 0 aromatic heterocycles. The molecule has 0 bridgehead atoms. The van der Waals surface area contributed by atoms with E-state index in [9.17, 15) is 0 Å². The van der Waals surface area contributed by atoms with Crippen molar-refractivity contribution < 1.29 is 0 Å². The van der Waals surface area contributed by atoms with Gasteiger partial charge in [0.15, 0.2) is 0 Å². The van der Waals surface area contributed by atoms with E-state index in [4.69, 9.17) is 0 Å². The summed E-state index contributed by atoms with van der Waals surface area (Å²) in [6, 6.07) is 11.1. The summed E-state index contributed by atoms with van der Waals surface area (Å²) in [5.74, 6) is 0. The molecule has 0 aliphatic rings. The van der Waals surface area contributed by atoms with Crippen molar-refractivity contribution in [2.24, 2.45) is 0 Å². The molecule has 0 saturated carbocycles. The fourth-order valence-corrected chi connectivity index (χ4v) is 2.37. The molecule has 0 fully saturated rings. The molecule has 1 unspecified atom stereocenters. The lowest BCUT2D eigenvalue weighted by Gasteiger charge is -2.41. The fraction of sp³-hybridized carbons (Fsp3) is 0.529. The predicted molar refractivity (Wildman–Crippen MR) is 84.4 cm³/mol. The summed E-state index contributed by atoms with van der Waals surface area (Å²) >= 11 is 0. The second-order valence-electron chi connectivity index (χ2n) is 5.85. The van der Waals surface area contributed by atoms with E-state index in [0.29, 0.717) is 6.04 Å². The first-order valence-electron chi connectivity index (χ1n) is 7.14. The van der Waals surface area contributed by atoms with Gasteiger partial charge in [-0.15, -0.1) is 6.58 Å². The zero-order valence-corrected chi connectivity index (χ0v) is 12.8. The number of benzene rings is 1. The maximum absolute atomic E-state index is 3.91. The molecule has 2 nitrogen and oxygen atoms in total. The minimum atomic E-state index is 0.115. The largest absolute Gasteiger partial charge is 0.315 e. The molecule has 0 amide bonds. The number of hydrogen-bond acceptors (Lipinski definition) is 2. The third-order valence-electron chi connectivity index (χ3n) is 3.34. The predicted octanol–water partition coefficient (Wildman–Crippen LogP) is 3.62. The van der Waals surface area contributed by atoms with Gasteiger partial charge < -0.3 is 5.32 Å². The van der Waals surface area contributed by atoms with Crippen LogP contribution in [0, 0.1) is 0 Å². The summed E-state index contributed by atoms with van der Waals surface area (Å²) in [5.41, 5.74) is 1.48. The highest BCUT2D eigenvalue weighted by atomic mass is 15.2. The van der Waals surface area contributed by atoms with Gasteiger partial charge in [0.05, 0.1) is 0 Å². The van der Waals surface area contributed by atoms with Crippen molar-refractivity contribution in [2.45, 2.75) is 39.3 Å². The van der Waals surface area contributed by atoms with Crippen LogP contribution in [-0.4, -0.2) is 30.1 Å². The van der Waals surface area contributed by atoms with Gasteiger partial charge >= 0.3 is 0 Å². The first-order chi connectivity index (χ1) is 9.00. The van der Waals surface area contributed by atoms with Crippen LogP contribution in [0.4, 0.5) is 0 Å². The van der Waals surface area contributed by atoms with Crippen molar-refractivity contribution in [3.63, 3.8) is 0 Å². The normalized spacial score (nSPS) is 13.5. The third kappa shape index (κ3) is 4.81. The molecule has 2 heteroatoms. The van der Waals surface area contributed by atoms with Gasteiger partial charge in [0.1, 0.15) is 0 Å². The van der Waals surface area contributed by atoms with Crippen LogP contribution in [0.15, 0.2) is 43.0 Å². The molecule has 106 valence electrons. The van der Waals surface area contributed by atoms with Gasteiger partial charge in [-0.2, -0.15) is 0 Å². The lowest BCUT2D eigenvalue weighted by molar-refractivity contribution is 0.0955. The maximum Gasteiger partial charge on any atom is 0.0481 e. The fourth-order valence-electron chi connectivity index (χ4n) is 2.37. The maximum atomic E-state index is 3.91. The Morgan fingerprint density at radius 3 is 2.37 bits per heavy atom. The SMILES string of the molecule is C=CCN(C(CNCC)c1ccccc1)C(C)(C)C. The van der Waals surface area contributed by atoms with Crippen LogP contribution >= 0.6 is 0 Å². The van der Waals surface area contributed by atoms with Crippen LogP contribution in [0.3, 0.4) is 0 Å². The third-order valence-corrected chi connectivity index (χ3v) is 3.34. The first-order valence-corrected chi connectivity index (χ1v) is 7.14. The second kappa shape index (κ2) is 7.46. The zero-order chi connectivity index (χ0) is 14.3. The zero-order valence-electron chi connectivity index (χ0n) is 12.8. The summed E-state index contributed by atoms with van der Waals surface area (Å²) in [7, 11) is 0. The van der Waals surface area contributed by atoms with Crippen molar-refractivity contribution in [2.75, 3.05) is 19.6 Å². The van der Waals surface area contributed by atoms with Crippen LogP contribution in [-0.2, 0) is 0 Å². The van der Waals surface area contributed by atoms with E-state index in [2.05, 4.69) is 74.8 Å². The molecule has 0 aliphatic heterocycles. The molecule has 1 aromatic carbocycles. The molecular weight excluding hydrogens is 232 g/mol. The molecule has 1 atom stereocenters. The quantitative estimate of drug-likeness (QED) is 0.753. The van der Waals surface area contributed by atoms with E-state index in [1.165, 1.54) is 5.56 Å². The van der Waals surface area contributed by atoms with Gasteiger partial charge in [-0.05, 0) is 32.9 Å². The van der Waals surface area contributed by atoms with Crippen LogP contribution in [0.1, 0.15) is 39.3 Å². The number of rotatable bonds is 7. The van der Waals surface area contributed by atoms with Crippen molar-refractivity contribution >= 4 is 0 Å². The number of likely N-dealkylation sites (N-methyl/N-ethyl adjacent to an activating group) is 1. The average molecular weight is 260 g/mol. The molecule has 0 radical (unpaired) electrons. The molecule has 0 aliphatic carbocycles. The topological polar surface area (TPSA) is 15.3 Å². The summed E-state index contributed by atoms with van der Waals surface area (Å²) < 4.78 is 0. The van der Waals surface area contributed by atoms with Gasteiger partial charge in [-0.25, -0.2) is 0 Å². The van der Waals surface area contributed by atoms with Gasteiger partial charge in [-0.3, -0.25) is 4.90 Å². The van der Waals surface area contributed by atoms with Crippen LogP contribution in [0.25, 0.3) is 0 Å². The standard InChI is InChI=1S/C17H28N2/c1-6-13-19(17(3,4)5)16(14-18-7-2)15-11-9-8-10-12-15/h6,8-12,16,18H,1,7,13-14H2,2-5H3. The average Bonchev–Trinajstić information content (AvgIpc) is 2.38. The Bertz CT molecular complexity index is 365. The van der Waals surface area contributed by atoms with Crippen LogP contribution in [0.2, 0.25) is 0 Å². The lowest BCUT2D eigenvalue weighted by Crippen LogP contribution is -2.47. The summed E-state index contributed by atoms with van der Waals surface area (Å²) in [5, 5.41) is 3.48. The van der Waals surface area contributed by atoms with Crippen LogP contribution in [0.5, 0.6) is 0 Å². The number of nitrogens with zero attached hydrogens (tertiary/aromatic N) is 1. The Hall–Kier alpha value is -1.12. The first kappa shape index (κ1) is 15.9. The molecule has 1 rings (SSSR count). The van der Waals surface area contributed by atoms with E-state index in [-0.39, 0.29) is 5.54 Å². The van der Waals surface area contributed by atoms with Crippen molar-refractivity contribution in [3.8, 4) is 0 Å². The Balaban J connectivity index is 3.02.